The standard InChI is InChI=1S/C34H41F2N5O/c1-4-39-10-12-41(13-11-39)23-34(3)9-8-25(18-24(34)2)32-21-37-31-7-5-6-27(33(31)38-32)26-19-29(35)28(30(36)20-26)22-40-14-16-42-17-15-40/h5-8,18-21H,4,9-17,22-23H2,1-3H3. The Hall–Kier alpha value is -3.04. The number of likely N-dealkylation sites (N-methyl/N-ethyl adjacent to an activating group) is 1. The zero-order valence-electron chi connectivity index (χ0n) is 25.0. The second-order valence-electron chi connectivity index (χ2n) is 12.2. The third-order valence-corrected chi connectivity index (χ3v) is 9.39. The van der Waals surface area contributed by atoms with Crippen molar-refractivity contribution in [2.24, 2.45) is 5.41 Å². The quantitative estimate of drug-likeness (QED) is 0.357. The van der Waals surface area contributed by atoms with E-state index in [4.69, 9.17) is 14.7 Å². The second-order valence-corrected chi connectivity index (χ2v) is 12.2. The highest BCUT2D eigenvalue weighted by molar-refractivity contribution is 5.92. The highest BCUT2D eigenvalue weighted by Crippen LogP contribution is 2.40. The lowest BCUT2D eigenvalue weighted by molar-refractivity contribution is 0.0332. The minimum atomic E-state index is -0.540. The molecule has 2 saturated heterocycles. The van der Waals surface area contributed by atoms with Crippen LogP contribution in [0.5, 0.6) is 0 Å². The fraction of sp³-hybridized carbons (Fsp3) is 0.471. The molecule has 1 unspecified atom stereocenters. The van der Waals surface area contributed by atoms with Gasteiger partial charge in [-0.15, -0.1) is 0 Å². The number of allylic oxidation sites excluding steroid dienone is 3. The number of piperazine rings is 1. The Balaban J connectivity index is 1.25. The lowest BCUT2D eigenvalue weighted by Crippen LogP contribution is -2.49. The van der Waals surface area contributed by atoms with E-state index >= 15 is 8.78 Å². The van der Waals surface area contributed by atoms with E-state index in [-0.39, 0.29) is 17.5 Å². The van der Waals surface area contributed by atoms with Crippen molar-refractivity contribution < 1.29 is 13.5 Å². The summed E-state index contributed by atoms with van der Waals surface area (Å²) in [4.78, 5) is 16.8. The Labute approximate surface area is 247 Å². The number of aromatic nitrogens is 2. The van der Waals surface area contributed by atoms with Crippen LogP contribution in [0, 0.1) is 17.0 Å². The van der Waals surface area contributed by atoms with Crippen molar-refractivity contribution in [2.45, 2.75) is 33.7 Å². The van der Waals surface area contributed by atoms with Gasteiger partial charge in [-0.25, -0.2) is 13.8 Å². The van der Waals surface area contributed by atoms with Crippen LogP contribution in [0.1, 0.15) is 38.4 Å². The SMILES string of the molecule is CCN1CCN(CC2(C)CC=C(c3cnc4cccc(-c5cc(F)c(CN6CCOCC6)c(F)c5)c4n3)C=C2C)CC1. The van der Waals surface area contributed by atoms with Crippen molar-refractivity contribution in [1.29, 1.82) is 0 Å². The number of para-hydroxylation sites is 1. The number of ether oxygens (including phenoxy) is 1. The van der Waals surface area contributed by atoms with Gasteiger partial charge in [-0.2, -0.15) is 0 Å². The minimum absolute atomic E-state index is 0.0747. The Morgan fingerprint density at radius 2 is 1.67 bits per heavy atom. The summed E-state index contributed by atoms with van der Waals surface area (Å²) < 4.78 is 35.9. The van der Waals surface area contributed by atoms with E-state index in [2.05, 4.69) is 42.7 Å². The fourth-order valence-corrected chi connectivity index (χ4v) is 6.39. The first kappa shape index (κ1) is 29.1. The largest absolute Gasteiger partial charge is 0.379 e. The van der Waals surface area contributed by atoms with Crippen LogP contribution in [-0.2, 0) is 11.3 Å². The molecule has 2 aliphatic heterocycles. The maximum atomic E-state index is 15.3. The molecule has 3 heterocycles. The van der Waals surface area contributed by atoms with Crippen molar-refractivity contribution in [3.63, 3.8) is 0 Å². The molecular formula is C34H41F2N5O. The Morgan fingerprint density at radius 1 is 0.952 bits per heavy atom. The molecule has 3 aliphatic rings. The molecule has 6 nitrogen and oxygen atoms in total. The lowest BCUT2D eigenvalue weighted by atomic mass is 9.74. The van der Waals surface area contributed by atoms with Crippen molar-refractivity contribution >= 4 is 16.6 Å². The van der Waals surface area contributed by atoms with E-state index in [1.54, 1.807) is 6.20 Å². The molecule has 2 aromatic carbocycles. The summed E-state index contributed by atoms with van der Waals surface area (Å²) in [6, 6.07) is 8.47. The molecule has 1 atom stereocenters. The van der Waals surface area contributed by atoms with Crippen LogP contribution in [0.25, 0.3) is 27.7 Å². The maximum absolute atomic E-state index is 15.3. The lowest BCUT2D eigenvalue weighted by Gasteiger charge is -2.41. The molecule has 0 amide bonds. The van der Waals surface area contributed by atoms with Gasteiger partial charge in [0, 0.05) is 68.9 Å². The van der Waals surface area contributed by atoms with E-state index in [0.29, 0.717) is 48.5 Å². The van der Waals surface area contributed by atoms with E-state index < -0.39 is 11.6 Å². The van der Waals surface area contributed by atoms with Gasteiger partial charge in [-0.3, -0.25) is 14.8 Å². The van der Waals surface area contributed by atoms with E-state index in [1.165, 1.54) is 17.7 Å². The summed E-state index contributed by atoms with van der Waals surface area (Å²) in [6.45, 7) is 16.2. The number of morpholine rings is 1. The maximum Gasteiger partial charge on any atom is 0.131 e. The first-order valence-corrected chi connectivity index (χ1v) is 15.2. The summed E-state index contributed by atoms with van der Waals surface area (Å²) in [5.74, 6) is -1.08. The molecular weight excluding hydrogens is 532 g/mol. The van der Waals surface area contributed by atoms with Gasteiger partial charge in [0.05, 0.1) is 36.1 Å². The third kappa shape index (κ3) is 6.04. The van der Waals surface area contributed by atoms with E-state index in [1.807, 2.05) is 23.1 Å². The number of benzene rings is 2. The van der Waals surface area contributed by atoms with E-state index in [9.17, 15) is 0 Å². The molecule has 3 aromatic rings. The van der Waals surface area contributed by atoms with Crippen molar-refractivity contribution in [1.82, 2.24) is 24.7 Å². The summed E-state index contributed by atoms with van der Waals surface area (Å²) in [5.41, 5.74) is 5.81. The average Bonchev–Trinajstić information content (AvgIpc) is 3.00. The summed E-state index contributed by atoms with van der Waals surface area (Å²) >= 11 is 0. The molecule has 8 heteroatoms. The van der Waals surface area contributed by atoms with Gasteiger partial charge in [0.1, 0.15) is 11.6 Å². The summed E-state index contributed by atoms with van der Waals surface area (Å²) in [7, 11) is 0. The Kier molecular flexibility index (Phi) is 8.50. The van der Waals surface area contributed by atoms with Gasteiger partial charge in [-0.1, -0.05) is 43.7 Å². The Morgan fingerprint density at radius 3 is 2.36 bits per heavy atom. The van der Waals surface area contributed by atoms with Gasteiger partial charge in [0.2, 0.25) is 0 Å². The highest BCUT2D eigenvalue weighted by atomic mass is 19.1. The number of hydrogen-bond donors (Lipinski definition) is 0. The van der Waals surface area contributed by atoms with Crippen LogP contribution >= 0.6 is 0 Å². The fourth-order valence-electron chi connectivity index (χ4n) is 6.39. The van der Waals surface area contributed by atoms with Gasteiger partial charge >= 0.3 is 0 Å². The van der Waals surface area contributed by atoms with Crippen molar-refractivity contribution in [2.75, 3.05) is 65.6 Å². The monoisotopic (exact) mass is 573 g/mol. The number of halogens is 2. The first-order valence-electron chi connectivity index (χ1n) is 15.2. The smallest absolute Gasteiger partial charge is 0.131 e. The minimum Gasteiger partial charge on any atom is -0.379 e. The molecule has 222 valence electrons. The summed E-state index contributed by atoms with van der Waals surface area (Å²) in [6.07, 6.45) is 7.25. The molecule has 6 rings (SSSR count). The van der Waals surface area contributed by atoms with Crippen LogP contribution in [0.15, 0.2) is 54.3 Å². The number of fused-ring (bicyclic) bond motifs is 1. The second kappa shape index (κ2) is 12.3. The van der Waals surface area contributed by atoms with Crippen LogP contribution in [0.2, 0.25) is 0 Å². The molecule has 0 radical (unpaired) electrons. The predicted octanol–water partition coefficient (Wildman–Crippen LogP) is 5.78. The highest BCUT2D eigenvalue weighted by Gasteiger charge is 2.32. The molecule has 0 saturated carbocycles. The van der Waals surface area contributed by atoms with Gasteiger partial charge in [0.15, 0.2) is 0 Å². The van der Waals surface area contributed by atoms with Gasteiger partial charge < -0.3 is 9.64 Å². The van der Waals surface area contributed by atoms with Crippen molar-refractivity contribution in [3.05, 3.63) is 77.1 Å². The average molecular weight is 574 g/mol. The molecule has 0 spiro atoms. The predicted molar refractivity (Wildman–Crippen MR) is 164 cm³/mol. The molecule has 1 aliphatic carbocycles. The third-order valence-electron chi connectivity index (χ3n) is 9.39. The van der Waals surface area contributed by atoms with Crippen LogP contribution in [0.3, 0.4) is 0 Å². The van der Waals surface area contributed by atoms with Crippen LogP contribution < -0.4 is 0 Å². The number of rotatable bonds is 7. The van der Waals surface area contributed by atoms with Crippen LogP contribution in [-0.4, -0.2) is 90.2 Å². The molecule has 1 aromatic heterocycles. The molecule has 42 heavy (non-hydrogen) atoms. The van der Waals surface area contributed by atoms with Gasteiger partial charge in [-0.05, 0) is 49.2 Å². The topological polar surface area (TPSA) is 44.7 Å². The molecule has 0 N–H and O–H groups in total. The van der Waals surface area contributed by atoms with E-state index in [0.717, 1.165) is 57.0 Å². The number of nitrogens with zero attached hydrogens (tertiary/aromatic N) is 5. The zero-order chi connectivity index (χ0) is 29.3. The summed E-state index contributed by atoms with van der Waals surface area (Å²) in [5, 5.41) is 0. The zero-order valence-corrected chi connectivity index (χ0v) is 25.0. The molecule has 2 fully saturated rings. The Bertz CT molecular complexity index is 1480. The molecule has 0 bridgehead atoms. The first-order chi connectivity index (χ1) is 20.3. The number of hydrogen-bond acceptors (Lipinski definition) is 6. The van der Waals surface area contributed by atoms with Crippen LogP contribution in [0.4, 0.5) is 8.78 Å². The van der Waals surface area contributed by atoms with Crippen molar-refractivity contribution in [3.8, 4) is 11.1 Å². The van der Waals surface area contributed by atoms with Gasteiger partial charge in [0.25, 0.3) is 0 Å². The normalized spacial score (nSPS) is 22.8.